The van der Waals surface area contributed by atoms with E-state index in [1.165, 1.54) is 5.56 Å². The molecule has 0 unspecified atom stereocenters. The smallest absolute Gasteiger partial charge is 0.227 e. The molecule has 2 aliphatic heterocycles. The molecule has 0 bridgehead atoms. The van der Waals surface area contributed by atoms with Gasteiger partial charge in [-0.05, 0) is 43.2 Å². The molecule has 1 saturated heterocycles. The zero-order valence-electron chi connectivity index (χ0n) is 15.4. The van der Waals surface area contributed by atoms with E-state index >= 15 is 0 Å². The zero-order valence-corrected chi connectivity index (χ0v) is 16.3. The predicted octanol–water partition coefficient (Wildman–Crippen LogP) is 2.77. The van der Waals surface area contributed by atoms with Crippen molar-refractivity contribution >= 4 is 17.7 Å². The van der Waals surface area contributed by atoms with E-state index in [0.29, 0.717) is 6.42 Å². The lowest BCUT2D eigenvalue weighted by Crippen LogP contribution is -2.33. The fourth-order valence-corrected chi connectivity index (χ4v) is 4.48. The number of rotatable bonds is 4. The minimum absolute atomic E-state index is 0.0266. The molecule has 3 heterocycles. The third-order valence-electron chi connectivity index (χ3n) is 5.24. The molecular weight excluding hydrogens is 348 g/mol. The molecule has 0 radical (unpaired) electrons. The van der Waals surface area contributed by atoms with Crippen LogP contribution in [-0.2, 0) is 24.7 Å². The summed E-state index contributed by atoms with van der Waals surface area (Å²) in [5.74, 6) is 2.00. The summed E-state index contributed by atoms with van der Waals surface area (Å²) in [4.78, 5) is 15.0. The van der Waals surface area contributed by atoms with Gasteiger partial charge < -0.3 is 14.2 Å². The molecule has 0 saturated carbocycles. The highest BCUT2D eigenvalue weighted by molar-refractivity contribution is 7.98. The van der Waals surface area contributed by atoms with Crippen molar-refractivity contribution in [2.75, 3.05) is 12.8 Å². The number of thioether (sulfide) groups is 1. The van der Waals surface area contributed by atoms with Crippen LogP contribution in [0.4, 0.5) is 0 Å². The minimum atomic E-state index is 0.0266. The van der Waals surface area contributed by atoms with Gasteiger partial charge in [-0.25, -0.2) is 0 Å². The standard InChI is InChI=1S/C19H24N4O2S/c1-12-9-14-10-13(6-7-16(14)25-12)11-17(24)23-8-4-5-15(23)18-20-21-19(26-3)22(18)2/h6-7,10,12,15H,4-5,8-9,11H2,1-3H3/t12-,15+/m1/s1. The van der Waals surface area contributed by atoms with Crippen molar-refractivity contribution in [1.29, 1.82) is 0 Å². The SMILES string of the molecule is CSc1nnc([C@@H]2CCCN2C(=O)Cc2ccc3c(c2)C[C@@H](C)O3)n1C. The topological polar surface area (TPSA) is 60.3 Å². The Balaban J connectivity index is 1.50. The molecule has 1 amide bonds. The average Bonchev–Trinajstić information content (AvgIpc) is 3.31. The van der Waals surface area contributed by atoms with Gasteiger partial charge in [-0.3, -0.25) is 4.79 Å². The molecule has 2 aromatic rings. The number of aromatic nitrogens is 3. The van der Waals surface area contributed by atoms with Gasteiger partial charge in [0.05, 0.1) is 12.5 Å². The van der Waals surface area contributed by atoms with Crippen LogP contribution in [0.1, 0.15) is 42.8 Å². The van der Waals surface area contributed by atoms with Crippen molar-refractivity contribution in [3.05, 3.63) is 35.2 Å². The zero-order chi connectivity index (χ0) is 18.3. The lowest BCUT2D eigenvalue weighted by atomic mass is 10.0. The second kappa shape index (κ2) is 6.95. The molecular formula is C19H24N4O2S. The first-order valence-electron chi connectivity index (χ1n) is 9.08. The van der Waals surface area contributed by atoms with E-state index in [2.05, 4.69) is 23.2 Å². The van der Waals surface area contributed by atoms with E-state index in [4.69, 9.17) is 4.74 Å². The summed E-state index contributed by atoms with van der Waals surface area (Å²) in [5, 5.41) is 9.45. The van der Waals surface area contributed by atoms with Crippen molar-refractivity contribution in [3.8, 4) is 5.75 Å². The fourth-order valence-electron chi connectivity index (χ4n) is 3.99. The van der Waals surface area contributed by atoms with Gasteiger partial charge in [0.2, 0.25) is 5.91 Å². The van der Waals surface area contributed by atoms with Gasteiger partial charge in [0.25, 0.3) is 0 Å². The molecule has 26 heavy (non-hydrogen) atoms. The second-order valence-electron chi connectivity index (χ2n) is 7.10. The Morgan fingerprint density at radius 2 is 2.23 bits per heavy atom. The number of likely N-dealkylation sites (tertiary alicyclic amines) is 1. The highest BCUT2D eigenvalue weighted by Crippen LogP contribution is 2.33. The molecule has 2 atom stereocenters. The minimum Gasteiger partial charge on any atom is -0.490 e. The second-order valence-corrected chi connectivity index (χ2v) is 7.87. The van der Waals surface area contributed by atoms with Crippen LogP contribution in [0.3, 0.4) is 0 Å². The first-order chi connectivity index (χ1) is 12.6. The Labute approximate surface area is 157 Å². The summed E-state index contributed by atoms with van der Waals surface area (Å²) in [5.41, 5.74) is 2.26. The van der Waals surface area contributed by atoms with E-state index in [1.54, 1.807) is 11.8 Å². The normalized spacial score (nSPS) is 21.7. The first kappa shape index (κ1) is 17.4. The highest BCUT2D eigenvalue weighted by Gasteiger charge is 2.33. The van der Waals surface area contributed by atoms with E-state index in [-0.39, 0.29) is 18.1 Å². The van der Waals surface area contributed by atoms with Gasteiger partial charge in [-0.15, -0.1) is 10.2 Å². The largest absolute Gasteiger partial charge is 0.490 e. The maximum Gasteiger partial charge on any atom is 0.227 e. The Hall–Kier alpha value is -2.02. The number of benzene rings is 1. The summed E-state index contributed by atoms with van der Waals surface area (Å²) < 4.78 is 7.76. The summed E-state index contributed by atoms with van der Waals surface area (Å²) >= 11 is 1.57. The van der Waals surface area contributed by atoms with Gasteiger partial charge in [-0.2, -0.15) is 0 Å². The number of carbonyl (C=O) groups is 1. The van der Waals surface area contributed by atoms with Crippen LogP contribution in [0.2, 0.25) is 0 Å². The van der Waals surface area contributed by atoms with E-state index in [9.17, 15) is 4.79 Å². The third-order valence-corrected chi connectivity index (χ3v) is 5.96. The van der Waals surface area contributed by atoms with Crippen LogP contribution in [0, 0.1) is 0 Å². The van der Waals surface area contributed by atoms with Crippen LogP contribution >= 0.6 is 11.8 Å². The average molecular weight is 372 g/mol. The molecule has 1 aromatic carbocycles. The number of hydrogen-bond acceptors (Lipinski definition) is 5. The molecule has 1 fully saturated rings. The molecule has 7 heteroatoms. The van der Waals surface area contributed by atoms with E-state index in [1.807, 2.05) is 34.9 Å². The quantitative estimate of drug-likeness (QED) is 0.773. The van der Waals surface area contributed by atoms with Crippen molar-refractivity contribution in [1.82, 2.24) is 19.7 Å². The number of carbonyl (C=O) groups excluding carboxylic acids is 1. The van der Waals surface area contributed by atoms with E-state index < -0.39 is 0 Å². The fraction of sp³-hybridized carbons (Fsp3) is 0.526. The molecule has 4 rings (SSSR count). The maximum atomic E-state index is 13.0. The Kier molecular flexibility index (Phi) is 4.65. The monoisotopic (exact) mass is 372 g/mol. The Morgan fingerprint density at radius 1 is 1.38 bits per heavy atom. The van der Waals surface area contributed by atoms with Crippen molar-refractivity contribution < 1.29 is 9.53 Å². The first-order valence-corrected chi connectivity index (χ1v) is 10.3. The van der Waals surface area contributed by atoms with Gasteiger partial charge >= 0.3 is 0 Å². The summed E-state index contributed by atoms with van der Waals surface area (Å²) in [6, 6.07) is 6.15. The molecule has 0 N–H and O–H groups in total. The lowest BCUT2D eigenvalue weighted by Gasteiger charge is -2.24. The van der Waals surface area contributed by atoms with Gasteiger partial charge in [-0.1, -0.05) is 23.9 Å². The molecule has 2 aliphatic rings. The van der Waals surface area contributed by atoms with Gasteiger partial charge in [0.15, 0.2) is 11.0 Å². The number of ether oxygens (including phenoxy) is 1. The van der Waals surface area contributed by atoms with Crippen LogP contribution in [0.15, 0.2) is 23.4 Å². The molecule has 6 nitrogen and oxygen atoms in total. The lowest BCUT2D eigenvalue weighted by molar-refractivity contribution is -0.131. The Bertz CT molecular complexity index is 835. The molecule has 1 aromatic heterocycles. The summed E-state index contributed by atoms with van der Waals surface area (Å²) in [7, 11) is 1.98. The molecule has 0 spiro atoms. The summed E-state index contributed by atoms with van der Waals surface area (Å²) in [6.07, 6.45) is 5.50. The van der Waals surface area contributed by atoms with Crippen LogP contribution in [-0.4, -0.2) is 44.5 Å². The van der Waals surface area contributed by atoms with Gasteiger partial charge in [0, 0.05) is 20.0 Å². The van der Waals surface area contributed by atoms with Crippen LogP contribution in [0.25, 0.3) is 0 Å². The van der Waals surface area contributed by atoms with Crippen molar-refractivity contribution in [2.24, 2.45) is 7.05 Å². The maximum absolute atomic E-state index is 13.0. The Morgan fingerprint density at radius 3 is 3.00 bits per heavy atom. The summed E-state index contributed by atoms with van der Waals surface area (Å²) in [6.45, 7) is 2.86. The molecule has 0 aliphatic carbocycles. The highest BCUT2D eigenvalue weighted by atomic mass is 32.2. The predicted molar refractivity (Wildman–Crippen MR) is 100 cm³/mol. The van der Waals surface area contributed by atoms with Crippen molar-refractivity contribution in [2.45, 2.75) is 49.9 Å². The number of fused-ring (bicyclic) bond motifs is 1. The van der Waals surface area contributed by atoms with E-state index in [0.717, 1.165) is 48.1 Å². The van der Waals surface area contributed by atoms with Crippen LogP contribution < -0.4 is 4.74 Å². The number of hydrogen-bond donors (Lipinski definition) is 0. The van der Waals surface area contributed by atoms with Crippen molar-refractivity contribution in [3.63, 3.8) is 0 Å². The third kappa shape index (κ3) is 3.09. The van der Waals surface area contributed by atoms with Crippen LogP contribution in [0.5, 0.6) is 5.75 Å². The molecule has 138 valence electrons. The van der Waals surface area contributed by atoms with Gasteiger partial charge in [0.1, 0.15) is 11.9 Å². The number of amides is 1. The number of nitrogens with zero attached hydrogens (tertiary/aromatic N) is 4.